The fourth-order valence-corrected chi connectivity index (χ4v) is 5.05. The van der Waals surface area contributed by atoms with Gasteiger partial charge in [-0.15, -0.1) is 11.3 Å². The summed E-state index contributed by atoms with van der Waals surface area (Å²) < 4.78 is 10.8. The molecule has 2 aromatic carbocycles. The zero-order valence-corrected chi connectivity index (χ0v) is 17.1. The molecular formula is C23H22N2O3S. The summed E-state index contributed by atoms with van der Waals surface area (Å²) in [6, 6.07) is 16.0. The fraction of sp³-hybridized carbons (Fsp3) is 0.304. The van der Waals surface area contributed by atoms with E-state index < -0.39 is 0 Å². The molecule has 0 unspecified atom stereocenters. The minimum atomic E-state index is -0.141. The van der Waals surface area contributed by atoms with Crippen LogP contribution in [-0.4, -0.2) is 35.7 Å². The maximum atomic E-state index is 13.1. The summed E-state index contributed by atoms with van der Waals surface area (Å²) in [5, 5.41) is 3.26. The second-order valence-corrected chi connectivity index (χ2v) is 8.62. The number of thiazole rings is 1. The number of piperidine rings is 1. The number of fused-ring (bicyclic) bond motifs is 1. The molecule has 5 nitrogen and oxygen atoms in total. The standard InChI is InChI=1S/C23H22N2O3S/c1-16-24-21(14-29-16)23(18-5-3-2-4-6-18)9-11-25(12-10-23)22(26)17-7-8-19-20(13-17)28-15-27-19/h2-8,13-14H,9-12,15H2,1H3. The smallest absolute Gasteiger partial charge is 0.253 e. The molecule has 5 rings (SSSR count). The van der Waals surface area contributed by atoms with Crippen LogP contribution in [0.4, 0.5) is 0 Å². The van der Waals surface area contributed by atoms with E-state index in [4.69, 9.17) is 14.5 Å². The minimum absolute atomic E-state index is 0.0411. The summed E-state index contributed by atoms with van der Waals surface area (Å²) in [4.78, 5) is 19.9. The van der Waals surface area contributed by atoms with Gasteiger partial charge >= 0.3 is 0 Å². The first-order chi connectivity index (χ1) is 14.2. The molecule has 148 valence electrons. The molecule has 2 aliphatic rings. The van der Waals surface area contributed by atoms with E-state index >= 15 is 0 Å². The number of aromatic nitrogens is 1. The lowest BCUT2D eigenvalue weighted by Crippen LogP contribution is -2.46. The molecule has 0 spiro atoms. The molecular weight excluding hydrogens is 384 g/mol. The van der Waals surface area contributed by atoms with Gasteiger partial charge in [-0.2, -0.15) is 0 Å². The quantitative estimate of drug-likeness (QED) is 0.647. The third kappa shape index (κ3) is 3.17. The Morgan fingerprint density at radius 3 is 2.55 bits per heavy atom. The highest BCUT2D eigenvalue weighted by Crippen LogP contribution is 2.42. The summed E-state index contributed by atoms with van der Waals surface area (Å²) in [7, 11) is 0. The number of hydrogen-bond donors (Lipinski definition) is 0. The zero-order valence-electron chi connectivity index (χ0n) is 16.3. The molecule has 1 aromatic heterocycles. The normalized spacial score (nSPS) is 17.3. The van der Waals surface area contributed by atoms with Crippen LogP contribution in [0, 0.1) is 6.92 Å². The first kappa shape index (κ1) is 18.2. The predicted molar refractivity (Wildman–Crippen MR) is 112 cm³/mol. The number of carbonyl (C=O) groups is 1. The van der Waals surface area contributed by atoms with Crippen LogP contribution in [-0.2, 0) is 5.41 Å². The van der Waals surface area contributed by atoms with E-state index in [0.29, 0.717) is 30.2 Å². The lowest BCUT2D eigenvalue weighted by atomic mass is 9.70. The molecule has 0 atom stereocenters. The Kier molecular flexibility index (Phi) is 4.51. The van der Waals surface area contributed by atoms with Crippen molar-refractivity contribution >= 4 is 17.2 Å². The number of amides is 1. The van der Waals surface area contributed by atoms with Crippen LogP contribution in [0.2, 0.25) is 0 Å². The van der Waals surface area contributed by atoms with Gasteiger partial charge in [0, 0.05) is 29.4 Å². The van der Waals surface area contributed by atoms with Crippen molar-refractivity contribution in [2.75, 3.05) is 19.9 Å². The summed E-state index contributed by atoms with van der Waals surface area (Å²) in [6.07, 6.45) is 1.72. The molecule has 0 aliphatic carbocycles. The van der Waals surface area contributed by atoms with Crippen LogP contribution in [0.5, 0.6) is 11.5 Å². The van der Waals surface area contributed by atoms with Gasteiger partial charge in [-0.05, 0) is 43.5 Å². The number of ether oxygens (including phenoxy) is 2. The van der Waals surface area contributed by atoms with E-state index in [1.807, 2.05) is 30.0 Å². The lowest BCUT2D eigenvalue weighted by Gasteiger charge is -2.41. The van der Waals surface area contributed by atoms with Gasteiger partial charge in [-0.1, -0.05) is 30.3 Å². The Hall–Kier alpha value is -2.86. The van der Waals surface area contributed by atoms with E-state index in [1.165, 1.54) is 5.56 Å². The van der Waals surface area contributed by atoms with Crippen molar-refractivity contribution in [2.45, 2.75) is 25.2 Å². The van der Waals surface area contributed by atoms with E-state index in [-0.39, 0.29) is 18.1 Å². The van der Waals surface area contributed by atoms with Crippen LogP contribution >= 0.6 is 11.3 Å². The molecule has 1 saturated heterocycles. The number of nitrogens with zero attached hydrogens (tertiary/aromatic N) is 2. The Morgan fingerprint density at radius 2 is 1.83 bits per heavy atom. The summed E-state index contributed by atoms with van der Waals surface area (Å²) in [5.74, 6) is 1.38. The van der Waals surface area contributed by atoms with Gasteiger partial charge in [0.15, 0.2) is 11.5 Å². The van der Waals surface area contributed by atoms with Gasteiger partial charge < -0.3 is 14.4 Å². The van der Waals surface area contributed by atoms with E-state index in [2.05, 4.69) is 29.6 Å². The Bertz CT molecular complexity index is 1040. The number of carbonyl (C=O) groups excluding carboxylic acids is 1. The molecule has 1 amide bonds. The Morgan fingerprint density at radius 1 is 1.07 bits per heavy atom. The molecule has 2 aliphatic heterocycles. The number of benzene rings is 2. The predicted octanol–water partition coefficient (Wildman–Crippen LogP) is 4.40. The fourth-order valence-electron chi connectivity index (χ4n) is 4.34. The number of aryl methyl sites for hydroxylation is 1. The molecule has 6 heteroatoms. The van der Waals surface area contributed by atoms with Gasteiger partial charge in [0.05, 0.1) is 10.7 Å². The molecule has 0 bridgehead atoms. The van der Waals surface area contributed by atoms with E-state index in [0.717, 1.165) is 23.5 Å². The number of rotatable bonds is 3. The van der Waals surface area contributed by atoms with Crippen LogP contribution in [0.15, 0.2) is 53.9 Å². The first-order valence-corrected chi connectivity index (χ1v) is 10.7. The maximum Gasteiger partial charge on any atom is 0.253 e. The molecule has 0 radical (unpaired) electrons. The van der Waals surface area contributed by atoms with Crippen LogP contribution in [0.1, 0.15) is 39.5 Å². The summed E-state index contributed by atoms with van der Waals surface area (Å²) in [5.41, 5.74) is 2.91. The maximum absolute atomic E-state index is 13.1. The van der Waals surface area contributed by atoms with Crippen LogP contribution in [0.25, 0.3) is 0 Å². The third-order valence-electron chi connectivity index (χ3n) is 5.96. The van der Waals surface area contributed by atoms with Gasteiger partial charge in [-0.3, -0.25) is 4.79 Å². The van der Waals surface area contributed by atoms with Crippen molar-refractivity contribution in [2.24, 2.45) is 0 Å². The van der Waals surface area contributed by atoms with Gasteiger partial charge in [-0.25, -0.2) is 4.98 Å². The largest absolute Gasteiger partial charge is 0.454 e. The molecule has 29 heavy (non-hydrogen) atoms. The van der Waals surface area contributed by atoms with Gasteiger partial charge in [0.25, 0.3) is 5.91 Å². The molecule has 3 aromatic rings. The van der Waals surface area contributed by atoms with E-state index in [9.17, 15) is 4.79 Å². The van der Waals surface area contributed by atoms with Gasteiger partial charge in [0.1, 0.15) is 0 Å². The zero-order chi connectivity index (χ0) is 19.8. The summed E-state index contributed by atoms with van der Waals surface area (Å²) >= 11 is 1.69. The molecule has 0 saturated carbocycles. The van der Waals surface area contributed by atoms with Crippen molar-refractivity contribution < 1.29 is 14.3 Å². The average Bonchev–Trinajstić information content (AvgIpc) is 3.42. The van der Waals surface area contributed by atoms with Crippen molar-refractivity contribution in [1.29, 1.82) is 0 Å². The number of hydrogen-bond acceptors (Lipinski definition) is 5. The highest BCUT2D eigenvalue weighted by atomic mass is 32.1. The van der Waals surface area contributed by atoms with Crippen molar-refractivity contribution in [3.05, 3.63) is 75.7 Å². The van der Waals surface area contributed by atoms with Gasteiger partial charge in [0.2, 0.25) is 6.79 Å². The van der Waals surface area contributed by atoms with Crippen molar-refractivity contribution in [3.63, 3.8) is 0 Å². The third-order valence-corrected chi connectivity index (χ3v) is 6.73. The van der Waals surface area contributed by atoms with Crippen LogP contribution in [0.3, 0.4) is 0 Å². The monoisotopic (exact) mass is 406 g/mol. The highest BCUT2D eigenvalue weighted by molar-refractivity contribution is 7.09. The number of likely N-dealkylation sites (tertiary alicyclic amines) is 1. The minimum Gasteiger partial charge on any atom is -0.454 e. The molecule has 0 N–H and O–H groups in total. The highest BCUT2D eigenvalue weighted by Gasteiger charge is 2.40. The van der Waals surface area contributed by atoms with Crippen molar-refractivity contribution in [1.82, 2.24) is 9.88 Å². The van der Waals surface area contributed by atoms with Crippen molar-refractivity contribution in [3.8, 4) is 11.5 Å². The average molecular weight is 407 g/mol. The molecule has 1 fully saturated rings. The van der Waals surface area contributed by atoms with E-state index in [1.54, 1.807) is 17.4 Å². The topological polar surface area (TPSA) is 51.7 Å². The molecule has 3 heterocycles. The second-order valence-electron chi connectivity index (χ2n) is 7.56. The lowest BCUT2D eigenvalue weighted by molar-refractivity contribution is 0.0683. The SMILES string of the molecule is Cc1nc(C2(c3ccccc3)CCN(C(=O)c3ccc4c(c3)OCO4)CC2)cs1. The Balaban J connectivity index is 1.40. The second kappa shape index (κ2) is 7.19. The Labute approximate surface area is 173 Å². The first-order valence-electron chi connectivity index (χ1n) is 9.83. The summed E-state index contributed by atoms with van der Waals surface area (Å²) in [6.45, 7) is 3.64. The van der Waals surface area contributed by atoms with Crippen LogP contribution < -0.4 is 9.47 Å².